The normalized spacial score (nSPS) is 13.4. The van der Waals surface area contributed by atoms with Crippen LogP contribution >= 0.6 is 0 Å². The first-order valence-electron chi connectivity index (χ1n) is 9.18. The summed E-state index contributed by atoms with van der Waals surface area (Å²) >= 11 is 0. The van der Waals surface area contributed by atoms with E-state index in [1.54, 1.807) is 6.92 Å². The summed E-state index contributed by atoms with van der Waals surface area (Å²) in [7, 11) is 0. The van der Waals surface area contributed by atoms with Gasteiger partial charge in [0.2, 0.25) is 11.8 Å². The summed E-state index contributed by atoms with van der Waals surface area (Å²) < 4.78 is 26.6. The first kappa shape index (κ1) is 19.7. The smallest absolute Gasteiger partial charge is 0.243 e. The zero-order chi connectivity index (χ0) is 20.1. The van der Waals surface area contributed by atoms with Crippen molar-refractivity contribution in [2.24, 2.45) is 5.10 Å². The molecule has 2 aromatic carbocycles. The van der Waals surface area contributed by atoms with E-state index >= 15 is 0 Å². The standard InChI is InChI=1S/C21H21F2N3O2/c1-2-25(16-8-9-17(22)18(23)14-16)20(27)10-11-21(28)26-13-12-19(24-26)15-6-4-3-5-7-15/h3-9,14H,2,10-13H2,1H3. The Balaban J connectivity index is 1.60. The van der Waals surface area contributed by atoms with E-state index in [9.17, 15) is 18.4 Å². The molecule has 2 aromatic rings. The van der Waals surface area contributed by atoms with Crippen molar-refractivity contribution in [1.29, 1.82) is 0 Å². The van der Waals surface area contributed by atoms with Crippen LogP contribution < -0.4 is 4.90 Å². The Kier molecular flexibility index (Phi) is 6.13. The molecular formula is C21H21F2N3O2. The van der Waals surface area contributed by atoms with Crippen molar-refractivity contribution in [3.05, 3.63) is 65.7 Å². The molecule has 0 unspecified atom stereocenters. The third kappa shape index (κ3) is 4.42. The number of benzene rings is 2. The summed E-state index contributed by atoms with van der Waals surface area (Å²) in [6, 6.07) is 12.9. The van der Waals surface area contributed by atoms with Crippen molar-refractivity contribution in [2.75, 3.05) is 18.0 Å². The van der Waals surface area contributed by atoms with Crippen molar-refractivity contribution >= 4 is 23.2 Å². The molecule has 146 valence electrons. The minimum Gasteiger partial charge on any atom is -0.313 e. The fraction of sp³-hybridized carbons (Fsp3) is 0.286. The van der Waals surface area contributed by atoms with Gasteiger partial charge in [-0.25, -0.2) is 13.8 Å². The second-order valence-electron chi connectivity index (χ2n) is 6.42. The SMILES string of the molecule is CCN(C(=O)CCC(=O)N1CCC(c2ccccc2)=N1)c1ccc(F)c(F)c1. The number of amides is 2. The van der Waals surface area contributed by atoms with Gasteiger partial charge in [0.1, 0.15) is 0 Å². The fourth-order valence-corrected chi connectivity index (χ4v) is 3.10. The van der Waals surface area contributed by atoms with Crippen LogP contribution in [0.5, 0.6) is 0 Å². The number of anilines is 1. The van der Waals surface area contributed by atoms with Gasteiger partial charge < -0.3 is 4.90 Å². The fourth-order valence-electron chi connectivity index (χ4n) is 3.10. The first-order valence-corrected chi connectivity index (χ1v) is 9.18. The maximum absolute atomic E-state index is 13.4. The maximum atomic E-state index is 13.4. The number of rotatable bonds is 6. The number of carbonyl (C=O) groups is 2. The van der Waals surface area contributed by atoms with E-state index < -0.39 is 11.6 Å². The Morgan fingerprint density at radius 2 is 1.82 bits per heavy atom. The number of hydrogen-bond donors (Lipinski definition) is 0. The molecule has 0 saturated heterocycles. The van der Waals surface area contributed by atoms with Gasteiger partial charge in [-0.15, -0.1) is 0 Å². The van der Waals surface area contributed by atoms with E-state index in [0.29, 0.717) is 13.0 Å². The van der Waals surface area contributed by atoms with Crippen molar-refractivity contribution < 1.29 is 18.4 Å². The second kappa shape index (κ2) is 8.73. The minimum absolute atomic E-state index is 0.00454. The van der Waals surface area contributed by atoms with Crippen LogP contribution in [0.3, 0.4) is 0 Å². The summed E-state index contributed by atoms with van der Waals surface area (Å²) in [4.78, 5) is 26.2. The van der Waals surface area contributed by atoms with Crippen molar-refractivity contribution in [1.82, 2.24) is 5.01 Å². The van der Waals surface area contributed by atoms with E-state index in [1.165, 1.54) is 16.0 Å². The van der Waals surface area contributed by atoms with Gasteiger partial charge in [0, 0.05) is 37.6 Å². The van der Waals surface area contributed by atoms with Crippen LogP contribution in [0, 0.1) is 11.6 Å². The highest BCUT2D eigenvalue weighted by molar-refractivity contribution is 6.03. The molecule has 28 heavy (non-hydrogen) atoms. The number of halogens is 2. The van der Waals surface area contributed by atoms with Gasteiger partial charge in [0.25, 0.3) is 0 Å². The van der Waals surface area contributed by atoms with Crippen LogP contribution in [0.2, 0.25) is 0 Å². The lowest BCUT2D eigenvalue weighted by molar-refractivity contribution is -0.132. The van der Waals surface area contributed by atoms with Crippen LogP contribution in [0.25, 0.3) is 0 Å². The van der Waals surface area contributed by atoms with Gasteiger partial charge in [0.05, 0.1) is 12.3 Å². The van der Waals surface area contributed by atoms with Gasteiger partial charge in [-0.2, -0.15) is 5.10 Å². The molecule has 0 aromatic heterocycles. The molecule has 0 N–H and O–H groups in total. The molecular weight excluding hydrogens is 364 g/mol. The van der Waals surface area contributed by atoms with Crippen molar-refractivity contribution in [3.63, 3.8) is 0 Å². The highest BCUT2D eigenvalue weighted by atomic mass is 19.2. The molecule has 0 spiro atoms. The van der Waals surface area contributed by atoms with Gasteiger partial charge in [0.15, 0.2) is 11.6 Å². The summed E-state index contributed by atoms with van der Waals surface area (Å²) in [6.45, 7) is 2.51. The lowest BCUT2D eigenvalue weighted by atomic mass is 10.1. The molecule has 5 nitrogen and oxygen atoms in total. The molecule has 0 bridgehead atoms. The predicted octanol–water partition coefficient (Wildman–Crippen LogP) is 3.73. The Bertz CT molecular complexity index is 900. The van der Waals surface area contributed by atoms with Crippen molar-refractivity contribution in [2.45, 2.75) is 26.2 Å². The second-order valence-corrected chi connectivity index (χ2v) is 6.42. The van der Waals surface area contributed by atoms with Gasteiger partial charge in [-0.05, 0) is 24.6 Å². The zero-order valence-corrected chi connectivity index (χ0v) is 15.6. The Morgan fingerprint density at radius 1 is 1.07 bits per heavy atom. The van der Waals surface area contributed by atoms with Crippen LogP contribution in [-0.2, 0) is 9.59 Å². The zero-order valence-electron chi connectivity index (χ0n) is 15.6. The van der Waals surface area contributed by atoms with Gasteiger partial charge in [-0.1, -0.05) is 30.3 Å². The molecule has 0 atom stereocenters. The van der Waals surface area contributed by atoms with Crippen LogP contribution in [0.4, 0.5) is 14.5 Å². The Hall–Kier alpha value is -3.09. The van der Waals surface area contributed by atoms with E-state index in [1.807, 2.05) is 30.3 Å². The van der Waals surface area contributed by atoms with Crippen LogP contribution in [0.15, 0.2) is 53.6 Å². The Labute approximate surface area is 162 Å². The molecule has 2 amide bonds. The number of hydrogen-bond acceptors (Lipinski definition) is 3. The lowest BCUT2D eigenvalue weighted by Gasteiger charge is -2.21. The molecule has 0 saturated carbocycles. The molecule has 1 aliphatic rings. The number of nitrogens with zero attached hydrogens (tertiary/aromatic N) is 3. The number of hydrazone groups is 1. The number of carbonyl (C=O) groups excluding carboxylic acids is 2. The average molecular weight is 385 g/mol. The first-order chi connectivity index (χ1) is 13.5. The monoisotopic (exact) mass is 385 g/mol. The summed E-state index contributed by atoms with van der Waals surface area (Å²) in [6.07, 6.45) is 0.641. The maximum Gasteiger partial charge on any atom is 0.243 e. The largest absolute Gasteiger partial charge is 0.313 e. The lowest BCUT2D eigenvalue weighted by Crippen LogP contribution is -2.32. The molecule has 0 aliphatic carbocycles. The average Bonchev–Trinajstić information content (AvgIpc) is 3.20. The highest BCUT2D eigenvalue weighted by Gasteiger charge is 2.23. The Morgan fingerprint density at radius 3 is 2.50 bits per heavy atom. The summed E-state index contributed by atoms with van der Waals surface area (Å²) in [5.74, 6) is -2.54. The molecule has 0 radical (unpaired) electrons. The summed E-state index contributed by atoms with van der Waals surface area (Å²) in [5, 5.41) is 5.76. The van der Waals surface area contributed by atoms with Gasteiger partial charge >= 0.3 is 0 Å². The molecule has 3 rings (SSSR count). The van der Waals surface area contributed by atoms with Crippen molar-refractivity contribution in [3.8, 4) is 0 Å². The topological polar surface area (TPSA) is 53.0 Å². The molecule has 1 heterocycles. The summed E-state index contributed by atoms with van der Waals surface area (Å²) in [5.41, 5.74) is 2.09. The molecule has 7 heteroatoms. The van der Waals surface area contributed by atoms with E-state index in [4.69, 9.17) is 0 Å². The van der Waals surface area contributed by atoms with Crippen LogP contribution in [-0.4, -0.2) is 35.6 Å². The molecule has 1 aliphatic heterocycles. The quantitative estimate of drug-likeness (QED) is 0.761. The van der Waals surface area contributed by atoms with E-state index in [2.05, 4.69) is 5.10 Å². The van der Waals surface area contributed by atoms with Gasteiger partial charge in [-0.3, -0.25) is 9.59 Å². The third-order valence-corrected chi connectivity index (χ3v) is 4.58. The minimum atomic E-state index is -1.01. The van der Waals surface area contributed by atoms with E-state index in [-0.39, 0.29) is 36.9 Å². The highest BCUT2D eigenvalue weighted by Crippen LogP contribution is 2.20. The van der Waals surface area contributed by atoms with Crippen LogP contribution in [0.1, 0.15) is 31.7 Å². The predicted molar refractivity (Wildman–Crippen MR) is 103 cm³/mol. The molecule has 0 fully saturated rings. The third-order valence-electron chi connectivity index (χ3n) is 4.58. The van der Waals surface area contributed by atoms with E-state index in [0.717, 1.165) is 23.4 Å².